The quantitative estimate of drug-likeness (QED) is 0.593. The predicted molar refractivity (Wildman–Crippen MR) is 86.0 cm³/mol. The number of aliphatic carboxylic acids is 2. The average molecular weight is 384 g/mol. The number of carbonyl (C=O) groups is 2. The Morgan fingerprint density at radius 1 is 0.708 bits per heavy atom. The van der Waals surface area contributed by atoms with Crippen LogP contribution in [0.15, 0.2) is 48.5 Å². The van der Waals surface area contributed by atoms with Crippen LogP contribution in [0, 0.1) is 0 Å². The van der Waals surface area contributed by atoms with Crippen molar-refractivity contribution in [3.63, 3.8) is 0 Å². The van der Waals surface area contributed by atoms with Crippen LogP contribution in [-0.2, 0) is 39.5 Å². The molecule has 4 N–H and O–H groups in total. The number of hydrogen-bond acceptors (Lipinski definition) is 4. The second kappa shape index (κ2) is 12.9. The van der Waals surface area contributed by atoms with Crippen molar-refractivity contribution in [3.8, 4) is 11.5 Å². The standard InChI is InChI=1S/2C8H8O3.Fe.Na.H/c2*9-7-4-2-1-3-6(7)5-8(10)11;;;/h2*1-4,9H,5H2,(H,10,11);;;. The number of para-hydroxylation sites is 2. The van der Waals surface area contributed by atoms with Gasteiger partial charge in [0.25, 0.3) is 0 Å². The van der Waals surface area contributed by atoms with Crippen molar-refractivity contribution in [2.24, 2.45) is 0 Å². The van der Waals surface area contributed by atoms with Gasteiger partial charge in [-0.15, -0.1) is 0 Å². The summed E-state index contributed by atoms with van der Waals surface area (Å²) >= 11 is 0. The normalized spacial score (nSPS) is 8.67. The first-order chi connectivity index (χ1) is 10.4. The van der Waals surface area contributed by atoms with Crippen LogP contribution in [0.5, 0.6) is 11.5 Å². The molecule has 126 valence electrons. The number of carboxylic acids is 2. The monoisotopic (exact) mass is 384 g/mol. The van der Waals surface area contributed by atoms with Crippen molar-refractivity contribution in [1.82, 2.24) is 0 Å². The molecular formula is C16H17FeNaO6. The van der Waals surface area contributed by atoms with Gasteiger partial charge in [0.1, 0.15) is 11.5 Å². The fourth-order valence-corrected chi connectivity index (χ4v) is 1.65. The van der Waals surface area contributed by atoms with Gasteiger partial charge in [-0.05, 0) is 12.1 Å². The van der Waals surface area contributed by atoms with Crippen LogP contribution in [0.3, 0.4) is 0 Å². The van der Waals surface area contributed by atoms with Crippen LogP contribution in [0.1, 0.15) is 11.1 Å². The summed E-state index contributed by atoms with van der Waals surface area (Å²) in [5, 5.41) is 35.0. The first-order valence-electron chi connectivity index (χ1n) is 6.37. The summed E-state index contributed by atoms with van der Waals surface area (Å²) in [6, 6.07) is 12.8. The van der Waals surface area contributed by atoms with Crippen molar-refractivity contribution < 1.29 is 47.1 Å². The molecule has 0 fully saturated rings. The fourth-order valence-electron chi connectivity index (χ4n) is 1.65. The third-order valence-electron chi connectivity index (χ3n) is 2.67. The number of rotatable bonds is 4. The first kappa shape index (κ1) is 24.7. The van der Waals surface area contributed by atoms with Gasteiger partial charge < -0.3 is 20.4 Å². The molecule has 6 nitrogen and oxygen atoms in total. The maximum absolute atomic E-state index is 10.2. The van der Waals surface area contributed by atoms with E-state index < -0.39 is 11.9 Å². The van der Waals surface area contributed by atoms with Gasteiger partial charge in [0.05, 0.1) is 12.8 Å². The molecule has 24 heavy (non-hydrogen) atoms. The van der Waals surface area contributed by atoms with E-state index in [1.807, 2.05) is 0 Å². The average Bonchev–Trinajstić information content (AvgIpc) is 2.44. The summed E-state index contributed by atoms with van der Waals surface area (Å²) in [7, 11) is 0. The van der Waals surface area contributed by atoms with E-state index in [2.05, 4.69) is 0 Å². The topological polar surface area (TPSA) is 115 Å². The van der Waals surface area contributed by atoms with Gasteiger partial charge in [0.2, 0.25) is 0 Å². The van der Waals surface area contributed by atoms with E-state index in [-0.39, 0.29) is 71.0 Å². The van der Waals surface area contributed by atoms with Gasteiger partial charge >= 0.3 is 41.5 Å². The number of aromatic hydroxyl groups is 2. The van der Waals surface area contributed by atoms with Crippen LogP contribution in [0.25, 0.3) is 0 Å². The summed E-state index contributed by atoms with van der Waals surface area (Å²) in [6.45, 7) is 0. The van der Waals surface area contributed by atoms with Crippen LogP contribution < -0.4 is 0 Å². The van der Waals surface area contributed by atoms with Gasteiger partial charge in [-0.2, -0.15) is 0 Å². The molecule has 0 aliphatic carbocycles. The van der Waals surface area contributed by atoms with E-state index in [0.29, 0.717) is 11.1 Å². The van der Waals surface area contributed by atoms with E-state index in [4.69, 9.17) is 20.4 Å². The molecular weight excluding hydrogens is 367 g/mol. The van der Waals surface area contributed by atoms with Crippen molar-refractivity contribution in [2.75, 3.05) is 0 Å². The Morgan fingerprint density at radius 2 is 1.00 bits per heavy atom. The molecule has 0 saturated carbocycles. The molecule has 0 aromatic heterocycles. The Balaban J connectivity index is 0. The number of benzene rings is 2. The van der Waals surface area contributed by atoms with E-state index in [1.165, 1.54) is 12.1 Å². The molecule has 0 amide bonds. The van der Waals surface area contributed by atoms with Crippen LogP contribution in [-0.4, -0.2) is 61.9 Å². The molecule has 0 saturated heterocycles. The van der Waals surface area contributed by atoms with Gasteiger partial charge in [-0.25, -0.2) is 0 Å². The number of hydrogen-bond donors (Lipinski definition) is 4. The fraction of sp³-hybridized carbons (Fsp3) is 0.125. The molecule has 0 aliphatic rings. The Labute approximate surface area is 171 Å². The molecule has 0 aliphatic heterocycles. The second-order valence-electron chi connectivity index (χ2n) is 4.40. The van der Waals surface area contributed by atoms with Crippen molar-refractivity contribution in [1.29, 1.82) is 0 Å². The summed E-state index contributed by atoms with van der Waals surface area (Å²) in [4.78, 5) is 20.4. The van der Waals surface area contributed by atoms with Crippen LogP contribution in [0.4, 0.5) is 0 Å². The summed E-state index contributed by atoms with van der Waals surface area (Å²) in [6.07, 6.45) is -0.265. The molecule has 0 spiro atoms. The van der Waals surface area contributed by atoms with Gasteiger partial charge in [-0.1, -0.05) is 36.4 Å². The Morgan fingerprint density at radius 3 is 1.25 bits per heavy atom. The molecule has 2 rings (SSSR count). The summed E-state index contributed by atoms with van der Waals surface area (Å²) in [5.74, 6) is -1.80. The van der Waals surface area contributed by atoms with Crippen molar-refractivity contribution in [3.05, 3.63) is 59.7 Å². The maximum atomic E-state index is 10.2. The molecule has 0 heterocycles. The van der Waals surface area contributed by atoms with Gasteiger partial charge in [-0.3, -0.25) is 9.59 Å². The first-order valence-corrected chi connectivity index (χ1v) is 6.37. The minimum absolute atomic E-state index is 0. The molecule has 0 atom stereocenters. The van der Waals surface area contributed by atoms with E-state index in [9.17, 15) is 9.59 Å². The molecule has 2 aromatic rings. The third kappa shape index (κ3) is 9.60. The Bertz CT molecular complexity index is 605. The summed E-state index contributed by atoms with van der Waals surface area (Å²) in [5.41, 5.74) is 0.889. The van der Waals surface area contributed by atoms with Crippen LogP contribution >= 0.6 is 0 Å². The van der Waals surface area contributed by atoms with Gasteiger partial charge in [0, 0.05) is 28.2 Å². The molecule has 8 heteroatoms. The SMILES string of the molecule is O=C(O)Cc1ccccc1O.O=C(O)Cc1ccccc1O.[Fe].[NaH]. The molecule has 0 bridgehead atoms. The molecule has 2 aromatic carbocycles. The van der Waals surface area contributed by atoms with Crippen LogP contribution in [0.2, 0.25) is 0 Å². The number of phenolic OH excluding ortho intramolecular Hbond substituents is 2. The van der Waals surface area contributed by atoms with E-state index >= 15 is 0 Å². The Kier molecular flexibility index (Phi) is 13.3. The molecule has 0 radical (unpaired) electrons. The van der Waals surface area contributed by atoms with Crippen molar-refractivity contribution >= 4 is 41.5 Å². The zero-order chi connectivity index (χ0) is 16.5. The third-order valence-corrected chi connectivity index (χ3v) is 2.67. The van der Waals surface area contributed by atoms with E-state index in [1.54, 1.807) is 36.4 Å². The number of phenols is 2. The Hall–Kier alpha value is -1.50. The number of carboxylic acid groups (broad SMARTS) is 2. The summed E-state index contributed by atoms with van der Waals surface area (Å²) < 4.78 is 0. The van der Waals surface area contributed by atoms with Crippen molar-refractivity contribution in [2.45, 2.75) is 12.8 Å². The zero-order valence-corrected chi connectivity index (χ0v) is 13.1. The minimum atomic E-state index is -0.938. The zero-order valence-electron chi connectivity index (χ0n) is 12.0. The predicted octanol–water partition coefficient (Wildman–Crippen LogP) is 1.39. The second-order valence-corrected chi connectivity index (χ2v) is 4.40. The molecule has 0 unspecified atom stereocenters. The van der Waals surface area contributed by atoms with Gasteiger partial charge in [0.15, 0.2) is 0 Å². The van der Waals surface area contributed by atoms with E-state index in [0.717, 1.165) is 0 Å².